The Hall–Kier alpha value is -0.200. The molecule has 1 saturated heterocycles. The monoisotopic (exact) mass is 682 g/mol. The molecule has 0 aromatic rings. The van der Waals surface area contributed by atoms with Gasteiger partial charge in [0.1, 0.15) is 0 Å². The minimum absolute atomic E-state index is 0.101. The van der Waals surface area contributed by atoms with Crippen molar-refractivity contribution in [3.8, 4) is 0 Å². The average molecular weight is 682 g/mol. The fourth-order valence-electron chi connectivity index (χ4n) is 7.23. The number of hydrogen-bond donors (Lipinski definition) is 0. The van der Waals surface area contributed by atoms with E-state index in [0.717, 1.165) is 32.6 Å². The molecule has 1 aliphatic heterocycles. The summed E-state index contributed by atoms with van der Waals surface area (Å²) in [4.78, 5) is 2.24. The Kier molecular flexibility index (Phi) is 31.2. The molecule has 0 spiro atoms. The van der Waals surface area contributed by atoms with E-state index in [1.165, 1.54) is 154 Å². The van der Waals surface area contributed by atoms with E-state index < -0.39 is 0 Å². The fraction of sp³-hybridized carbons (Fsp3) is 1.00. The third-order valence-electron chi connectivity index (χ3n) is 10.6. The highest BCUT2D eigenvalue weighted by Gasteiger charge is 2.38. The molecule has 0 bridgehead atoms. The molecule has 0 aromatic heterocycles. The van der Waals surface area contributed by atoms with Gasteiger partial charge < -0.3 is 23.8 Å². The lowest BCUT2D eigenvalue weighted by molar-refractivity contribution is -0.253. The first-order chi connectivity index (χ1) is 23.5. The lowest BCUT2D eigenvalue weighted by atomic mass is 9.90. The first kappa shape index (κ1) is 45.8. The summed E-state index contributed by atoms with van der Waals surface area (Å²) in [5.41, 5.74) is -0.210. The van der Waals surface area contributed by atoms with Gasteiger partial charge in [-0.25, -0.2) is 0 Å². The molecule has 1 fully saturated rings. The lowest BCUT2D eigenvalue weighted by Gasteiger charge is -2.40. The second-order valence-electron chi connectivity index (χ2n) is 16.1. The molecule has 1 aliphatic rings. The van der Waals surface area contributed by atoms with E-state index in [1.807, 2.05) is 0 Å². The van der Waals surface area contributed by atoms with Crippen LogP contribution >= 0.6 is 0 Å². The van der Waals surface area contributed by atoms with Crippen LogP contribution in [0.2, 0.25) is 0 Å². The van der Waals surface area contributed by atoms with Gasteiger partial charge in [0, 0.05) is 13.2 Å². The molecule has 288 valence electrons. The maximum atomic E-state index is 6.65. The molecule has 0 saturated carbocycles. The lowest BCUT2D eigenvalue weighted by Crippen LogP contribution is -2.48. The summed E-state index contributed by atoms with van der Waals surface area (Å²) < 4.78 is 26.1. The van der Waals surface area contributed by atoms with Gasteiger partial charge in [-0.3, -0.25) is 0 Å². The normalized spacial score (nSPS) is 19.7. The van der Waals surface area contributed by atoms with E-state index >= 15 is 0 Å². The molecule has 0 radical (unpaired) electrons. The van der Waals surface area contributed by atoms with Crippen molar-refractivity contribution < 1.29 is 18.9 Å². The van der Waals surface area contributed by atoms with E-state index in [4.69, 9.17) is 18.9 Å². The highest BCUT2D eigenvalue weighted by molar-refractivity contribution is 4.83. The van der Waals surface area contributed by atoms with Crippen LogP contribution in [0.5, 0.6) is 0 Å². The van der Waals surface area contributed by atoms with Crippen molar-refractivity contribution >= 4 is 0 Å². The summed E-state index contributed by atoms with van der Waals surface area (Å²) in [6, 6.07) is 0. The number of ether oxygens (including phenoxy) is 4. The molecule has 1 rings (SSSR count). The first-order valence-electron chi connectivity index (χ1n) is 21.5. The molecule has 48 heavy (non-hydrogen) atoms. The second-order valence-corrected chi connectivity index (χ2v) is 16.1. The van der Waals surface area contributed by atoms with Crippen molar-refractivity contribution in [2.24, 2.45) is 17.3 Å². The molecular formula is C43H87NO4. The average Bonchev–Trinajstić information content (AvgIpc) is 3.08. The predicted molar refractivity (Wildman–Crippen MR) is 208 cm³/mol. The summed E-state index contributed by atoms with van der Waals surface area (Å²) in [5, 5.41) is 0. The van der Waals surface area contributed by atoms with Crippen LogP contribution in [-0.4, -0.2) is 71.5 Å². The van der Waals surface area contributed by atoms with Crippen molar-refractivity contribution in [1.29, 1.82) is 0 Å². The molecule has 5 heteroatoms. The fourth-order valence-corrected chi connectivity index (χ4v) is 7.23. The maximum Gasteiger partial charge on any atom is 0.157 e. The molecule has 2 unspecified atom stereocenters. The van der Waals surface area contributed by atoms with Crippen LogP contribution in [0.1, 0.15) is 195 Å². The van der Waals surface area contributed by atoms with E-state index in [1.54, 1.807) is 0 Å². The van der Waals surface area contributed by atoms with Crippen LogP contribution < -0.4 is 0 Å². The Morgan fingerprint density at radius 3 is 1.25 bits per heavy atom. The first-order valence-corrected chi connectivity index (χ1v) is 21.5. The van der Waals surface area contributed by atoms with Crippen LogP contribution in [0.4, 0.5) is 0 Å². The molecule has 1 heterocycles. The van der Waals surface area contributed by atoms with Crippen LogP contribution in [-0.2, 0) is 18.9 Å². The third kappa shape index (κ3) is 25.7. The minimum Gasteiger partial charge on any atom is -0.380 e. The van der Waals surface area contributed by atoms with Gasteiger partial charge in [-0.2, -0.15) is 0 Å². The summed E-state index contributed by atoms with van der Waals surface area (Å²) in [6.07, 6.45) is 34.3. The van der Waals surface area contributed by atoms with Gasteiger partial charge in [-0.05, 0) is 71.0 Å². The summed E-state index contributed by atoms with van der Waals surface area (Å²) in [6.45, 7) is 14.7. The number of rotatable bonds is 36. The zero-order valence-corrected chi connectivity index (χ0v) is 33.6. The Morgan fingerprint density at radius 2 is 0.875 bits per heavy atom. The molecular weight excluding hydrogens is 594 g/mol. The van der Waals surface area contributed by atoms with Gasteiger partial charge >= 0.3 is 0 Å². The highest BCUT2D eigenvalue weighted by Crippen LogP contribution is 2.30. The Labute approximate surface area is 301 Å². The van der Waals surface area contributed by atoms with Gasteiger partial charge in [0.05, 0.1) is 31.8 Å². The van der Waals surface area contributed by atoms with Crippen LogP contribution in [0.3, 0.4) is 0 Å². The number of hydrogen-bond acceptors (Lipinski definition) is 5. The number of nitrogens with zero attached hydrogens (tertiary/aromatic N) is 1. The Morgan fingerprint density at radius 1 is 0.521 bits per heavy atom. The third-order valence-corrected chi connectivity index (χ3v) is 10.6. The Balaban J connectivity index is 2.75. The molecule has 5 nitrogen and oxygen atoms in total. The van der Waals surface area contributed by atoms with E-state index in [-0.39, 0.29) is 11.7 Å². The SMILES string of the molecule is CCCCCCCCC(CCCCCC)COCC1(COCC(CCCCCC)CCCCCCCC)COC(CCCN(C)C)OC1. The Bertz CT molecular complexity index is 611. The smallest absolute Gasteiger partial charge is 0.157 e. The van der Waals surface area contributed by atoms with E-state index in [0.29, 0.717) is 38.3 Å². The highest BCUT2D eigenvalue weighted by atomic mass is 16.7. The van der Waals surface area contributed by atoms with E-state index in [2.05, 4.69) is 46.7 Å². The predicted octanol–water partition coefficient (Wildman–Crippen LogP) is 12.4. The van der Waals surface area contributed by atoms with Crippen molar-refractivity contribution in [1.82, 2.24) is 4.90 Å². The van der Waals surface area contributed by atoms with Gasteiger partial charge in [-0.15, -0.1) is 0 Å². The van der Waals surface area contributed by atoms with Gasteiger partial charge in [0.25, 0.3) is 0 Å². The van der Waals surface area contributed by atoms with Crippen molar-refractivity contribution in [2.75, 3.05) is 60.3 Å². The van der Waals surface area contributed by atoms with Gasteiger partial charge in [0.15, 0.2) is 6.29 Å². The topological polar surface area (TPSA) is 40.2 Å². The largest absolute Gasteiger partial charge is 0.380 e. The zero-order valence-electron chi connectivity index (χ0n) is 33.6. The van der Waals surface area contributed by atoms with Crippen LogP contribution in [0, 0.1) is 17.3 Å². The maximum absolute atomic E-state index is 6.65. The van der Waals surface area contributed by atoms with Crippen molar-refractivity contribution in [3.05, 3.63) is 0 Å². The standard InChI is InChI=1S/C43H87NO4/c1-7-11-15-19-21-25-30-40(28-23-17-13-9-3)34-45-36-43(38-47-42(48-39-43)32-27-33-44(5)6)37-46-35-41(29-24-18-14-10-4)31-26-22-20-16-12-8-2/h40-42H,7-39H2,1-6H3. The van der Waals surface area contributed by atoms with Gasteiger partial charge in [-0.1, -0.05) is 156 Å². The summed E-state index contributed by atoms with van der Waals surface area (Å²) in [5.74, 6) is 1.33. The zero-order chi connectivity index (χ0) is 35.0. The molecule has 0 N–H and O–H groups in total. The molecule has 0 aromatic carbocycles. The van der Waals surface area contributed by atoms with Crippen molar-refractivity contribution in [3.63, 3.8) is 0 Å². The molecule has 0 aliphatic carbocycles. The quantitative estimate of drug-likeness (QED) is 0.0616. The number of unbranched alkanes of at least 4 members (excludes halogenated alkanes) is 16. The van der Waals surface area contributed by atoms with Crippen molar-refractivity contribution in [2.45, 2.75) is 201 Å². The van der Waals surface area contributed by atoms with Gasteiger partial charge in [0.2, 0.25) is 0 Å². The van der Waals surface area contributed by atoms with Crippen LogP contribution in [0.15, 0.2) is 0 Å². The molecule has 0 amide bonds. The minimum atomic E-state index is -0.210. The van der Waals surface area contributed by atoms with E-state index in [9.17, 15) is 0 Å². The molecule has 2 atom stereocenters. The van der Waals surface area contributed by atoms with Crippen LogP contribution in [0.25, 0.3) is 0 Å². The second kappa shape index (κ2) is 32.7. The summed E-state index contributed by atoms with van der Waals surface area (Å²) >= 11 is 0. The summed E-state index contributed by atoms with van der Waals surface area (Å²) in [7, 11) is 4.27.